The summed E-state index contributed by atoms with van der Waals surface area (Å²) < 4.78 is 0. The summed E-state index contributed by atoms with van der Waals surface area (Å²) >= 11 is 0. The molecule has 5 heteroatoms. The molecule has 3 heterocycles. The number of aryl methyl sites for hydroxylation is 2. The third-order valence-electron chi connectivity index (χ3n) is 5.42. The van der Waals surface area contributed by atoms with E-state index in [9.17, 15) is 4.79 Å². The standard InChI is InChI=1S/C19H30N4O/c1-15-13-17(14-16(2)20-15)21-9-11-22(12-10-21)18(24)19(3,4)23-7-5-6-8-23/h13-14H,5-12H2,1-4H3. The molecule has 5 nitrogen and oxygen atoms in total. The molecular weight excluding hydrogens is 300 g/mol. The van der Waals surface area contributed by atoms with Crippen LogP contribution in [0.25, 0.3) is 0 Å². The number of nitrogens with zero attached hydrogens (tertiary/aromatic N) is 4. The van der Waals surface area contributed by atoms with Crippen LogP contribution >= 0.6 is 0 Å². The van der Waals surface area contributed by atoms with Crippen molar-refractivity contribution in [3.05, 3.63) is 23.5 Å². The van der Waals surface area contributed by atoms with Crippen molar-refractivity contribution in [2.24, 2.45) is 0 Å². The number of anilines is 1. The van der Waals surface area contributed by atoms with E-state index in [-0.39, 0.29) is 11.4 Å². The molecule has 0 aliphatic carbocycles. The molecule has 0 spiro atoms. The van der Waals surface area contributed by atoms with E-state index in [2.05, 4.69) is 45.7 Å². The molecule has 1 aromatic rings. The Labute approximate surface area is 145 Å². The van der Waals surface area contributed by atoms with Crippen LogP contribution in [0.5, 0.6) is 0 Å². The van der Waals surface area contributed by atoms with Crippen LogP contribution < -0.4 is 4.90 Å². The smallest absolute Gasteiger partial charge is 0.242 e. The minimum absolute atomic E-state index is 0.283. The van der Waals surface area contributed by atoms with Crippen LogP contribution in [0.4, 0.5) is 5.69 Å². The predicted octanol–water partition coefficient (Wildman–Crippen LogP) is 2.22. The van der Waals surface area contributed by atoms with E-state index in [1.54, 1.807) is 0 Å². The highest BCUT2D eigenvalue weighted by Gasteiger charge is 2.39. The van der Waals surface area contributed by atoms with Gasteiger partial charge in [-0.25, -0.2) is 0 Å². The molecular formula is C19H30N4O. The molecule has 0 unspecified atom stereocenters. The lowest BCUT2D eigenvalue weighted by Crippen LogP contribution is -2.59. The molecule has 0 bridgehead atoms. The van der Waals surface area contributed by atoms with Crippen LogP contribution in [0.2, 0.25) is 0 Å². The Morgan fingerprint density at radius 3 is 2.04 bits per heavy atom. The van der Waals surface area contributed by atoms with E-state index in [4.69, 9.17) is 0 Å². The second-order valence-corrected chi connectivity index (χ2v) is 7.64. The molecule has 0 radical (unpaired) electrons. The quantitative estimate of drug-likeness (QED) is 0.852. The molecule has 0 aromatic carbocycles. The number of likely N-dealkylation sites (tertiary alicyclic amines) is 1. The van der Waals surface area contributed by atoms with Crippen molar-refractivity contribution in [3.63, 3.8) is 0 Å². The first kappa shape index (κ1) is 17.2. The molecule has 2 fully saturated rings. The maximum atomic E-state index is 13.0. The fraction of sp³-hybridized carbons (Fsp3) is 0.684. The van der Waals surface area contributed by atoms with Crippen molar-refractivity contribution in [3.8, 4) is 0 Å². The van der Waals surface area contributed by atoms with Gasteiger partial charge < -0.3 is 9.80 Å². The fourth-order valence-electron chi connectivity index (χ4n) is 3.96. The summed E-state index contributed by atoms with van der Waals surface area (Å²) in [6.07, 6.45) is 2.43. The van der Waals surface area contributed by atoms with Crippen LogP contribution in [-0.2, 0) is 4.79 Å². The number of carbonyl (C=O) groups excluding carboxylic acids is 1. The Kier molecular flexibility index (Phi) is 4.81. The molecule has 1 aromatic heterocycles. The largest absolute Gasteiger partial charge is 0.368 e. The number of aromatic nitrogens is 1. The van der Waals surface area contributed by atoms with Gasteiger partial charge in [0.15, 0.2) is 0 Å². The van der Waals surface area contributed by atoms with Crippen LogP contribution in [-0.4, -0.2) is 65.5 Å². The molecule has 0 saturated carbocycles. The molecule has 0 atom stereocenters. The Hall–Kier alpha value is -1.62. The molecule has 2 aliphatic heterocycles. The Bertz CT molecular complexity index is 579. The number of hydrogen-bond donors (Lipinski definition) is 0. The molecule has 2 aliphatic rings. The number of rotatable bonds is 3. The monoisotopic (exact) mass is 330 g/mol. The zero-order valence-electron chi connectivity index (χ0n) is 15.5. The Morgan fingerprint density at radius 1 is 0.958 bits per heavy atom. The first-order valence-electron chi connectivity index (χ1n) is 9.12. The summed E-state index contributed by atoms with van der Waals surface area (Å²) in [6, 6.07) is 4.28. The SMILES string of the molecule is Cc1cc(N2CCN(C(=O)C(C)(C)N3CCCC3)CC2)cc(C)n1. The summed E-state index contributed by atoms with van der Waals surface area (Å²) in [4.78, 5) is 24.2. The van der Waals surface area contributed by atoms with Gasteiger partial charge in [-0.05, 0) is 65.8 Å². The van der Waals surface area contributed by atoms with Crippen LogP contribution in [0.3, 0.4) is 0 Å². The normalized spacial score (nSPS) is 19.8. The average molecular weight is 330 g/mol. The maximum absolute atomic E-state index is 13.0. The lowest BCUT2D eigenvalue weighted by molar-refractivity contribution is -0.142. The Balaban J connectivity index is 1.63. The highest BCUT2D eigenvalue weighted by Crippen LogP contribution is 2.25. The lowest BCUT2D eigenvalue weighted by Gasteiger charge is -2.42. The predicted molar refractivity (Wildman–Crippen MR) is 97.4 cm³/mol. The van der Waals surface area contributed by atoms with E-state index >= 15 is 0 Å². The van der Waals surface area contributed by atoms with Crippen molar-refractivity contribution in [1.82, 2.24) is 14.8 Å². The van der Waals surface area contributed by atoms with Gasteiger partial charge in [-0.1, -0.05) is 0 Å². The van der Waals surface area contributed by atoms with Gasteiger partial charge in [0.25, 0.3) is 0 Å². The second kappa shape index (κ2) is 6.71. The van der Waals surface area contributed by atoms with Gasteiger partial charge in [0, 0.05) is 43.3 Å². The Morgan fingerprint density at radius 2 is 1.50 bits per heavy atom. The van der Waals surface area contributed by atoms with Gasteiger partial charge >= 0.3 is 0 Å². The topological polar surface area (TPSA) is 39.7 Å². The molecule has 24 heavy (non-hydrogen) atoms. The van der Waals surface area contributed by atoms with Gasteiger partial charge in [-0.3, -0.25) is 14.7 Å². The van der Waals surface area contributed by atoms with Crippen molar-refractivity contribution in [2.45, 2.75) is 46.1 Å². The number of hydrogen-bond acceptors (Lipinski definition) is 4. The molecule has 0 N–H and O–H groups in total. The second-order valence-electron chi connectivity index (χ2n) is 7.64. The first-order valence-corrected chi connectivity index (χ1v) is 9.12. The van der Waals surface area contributed by atoms with E-state index in [1.807, 2.05) is 13.8 Å². The zero-order valence-corrected chi connectivity index (χ0v) is 15.5. The van der Waals surface area contributed by atoms with Gasteiger partial charge in [0.2, 0.25) is 5.91 Å². The summed E-state index contributed by atoms with van der Waals surface area (Å²) in [5, 5.41) is 0. The van der Waals surface area contributed by atoms with Gasteiger partial charge in [0.05, 0.1) is 5.54 Å². The van der Waals surface area contributed by atoms with Gasteiger partial charge in [-0.2, -0.15) is 0 Å². The fourth-order valence-corrected chi connectivity index (χ4v) is 3.96. The van der Waals surface area contributed by atoms with Gasteiger partial charge in [-0.15, -0.1) is 0 Å². The van der Waals surface area contributed by atoms with E-state index in [0.29, 0.717) is 0 Å². The van der Waals surface area contributed by atoms with Gasteiger partial charge in [0.1, 0.15) is 0 Å². The third-order valence-corrected chi connectivity index (χ3v) is 5.42. The minimum atomic E-state index is -0.373. The maximum Gasteiger partial charge on any atom is 0.242 e. The number of amides is 1. The van der Waals surface area contributed by atoms with E-state index < -0.39 is 0 Å². The number of carbonyl (C=O) groups is 1. The number of piperazine rings is 1. The van der Waals surface area contributed by atoms with Crippen molar-refractivity contribution < 1.29 is 4.79 Å². The van der Waals surface area contributed by atoms with Crippen molar-refractivity contribution in [2.75, 3.05) is 44.2 Å². The minimum Gasteiger partial charge on any atom is -0.368 e. The van der Waals surface area contributed by atoms with Crippen molar-refractivity contribution in [1.29, 1.82) is 0 Å². The van der Waals surface area contributed by atoms with E-state index in [1.165, 1.54) is 18.5 Å². The van der Waals surface area contributed by atoms with Crippen LogP contribution in [0.1, 0.15) is 38.1 Å². The van der Waals surface area contributed by atoms with Crippen molar-refractivity contribution >= 4 is 11.6 Å². The average Bonchev–Trinajstić information content (AvgIpc) is 3.08. The van der Waals surface area contributed by atoms with E-state index in [0.717, 1.165) is 50.7 Å². The highest BCUT2D eigenvalue weighted by molar-refractivity contribution is 5.85. The summed E-state index contributed by atoms with van der Waals surface area (Å²) in [5.41, 5.74) is 2.96. The summed E-state index contributed by atoms with van der Waals surface area (Å²) in [5.74, 6) is 0.283. The number of pyridine rings is 1. The summed E-state index contributed by atoms with van der Waals surface area (Å²) in [7, 11) is 0. The third kappa shape index (κ3) is 3.41. The molecule has 2 saturated heterocycles. The molecule has 3 rings (SSSR count). The highest BCUT2D eigenvalue weighted by atomic mass is 16.2. The van der Waals surface area contributed by atoms with Crippen LogP contribution in [0, 0.1) is 13.8 Å². The zero-order chi connectivity index (χ0) is 17.3. The lowest BCUT2D eigenvalue weighted by atomic mass is 10.0. The molecule has 1 amide bonds. The summed E-state index contributed by atoms with van der Waals surface area (Å²) in [6.45, 7) is 13.7. The van der Waals surface area contributed by atoms with Crippen LogP contribution in [0.15, 0.2) is 12.1 Å². The molecule has 132 valence electrons. The first-order chi connectivity index (χ1) is 11.4.